The van der Waals surface area contributed by atoms with E-state index in [1.165, 1.54) is 5.56 Å². The Balaban J connectivity index is 2.00. The van der Waals surface area contributed by atoms with Crippen molar-refractivity contribution in [3.8, 4) is 0 Å². The highest BCUT2D eigenvalue weighted by molar-refractivity contribution is 5.23. The van der Waals surface area contributed by atoms with Crippen molar-refractivity contribution in [2.75, 3.05) is 19.6 Å². The lowest BCUT2D eigenvalue weighted by molar-refractivity contribution is 0.199. The number of piperazine rings is 1. The van der Waals surface area contributed by atoms with Crippen molar-refractivity contribution in [2.45, 2.75) is 26.4 Å². The average molecular weight is 222 g/mol. The van der Waals surface area contributed by atoms with Crippen LogP contribution >= 0.6 is 0 Å². The van der Waals surface area contributed by atoms with Crippen molar-refractivity contribution in [3.63, 3.8) is 0 Å². The summed E-state index contributed by atoms with van der Waals surface area (Å²) in [6.45, 7) is 8.12. The molecule has 0 amide bonds. The summed E-state index contributed by atoms with van der Waals surface area (Å²) < 4.78 is 13.1. The molecule has 0 bridgehead atoms. The molecule has 1 saturated heterocycles. The molecule has 88 valence electrons. The van der Waals surface area contributed by atoms with Gasteiger partial charge in [0.15, 0.2) is 0 Å². The molecule has 0 radical (unpaired) electrons. The largest absolute Gasteiger partial charge is 0.312 e. The van der Waals surface area contributed by atoms with Crippen LogP contribution in [0.15, 0.2) is 18.2 Å². The second-order valence-electron chi connectivity index (χ2n) is 4.67. The maximum Gasteiger partial charge on any atom is 0.126 e. The van der Waals surface area contributed by atoms with E-state index < -0.39 is 0 Å². The molecule has 0 unspecified atom stereocenters. The van der Waals surface area contributed by atoms with Crippen molar-refractivity contribution < 1.29 is 4.39 Å². The van der Waals surface area contributed by atoms with Gasteiger partial charge in [-0.15, -0.1) is 0 Å². The van der Waals surface area contributed by atoms with Gasteiger partial charge in [-0.1, -0.05) is 12.1 Å². The number of hydrogen-bond acceptors (Lipinski definition) is 2. The van der Waals surface area contributed by atoms with Crippen molar-refractivity contribution in [1.82, 2.24) is 10.2 Å². The topological polar surface area (TPSA) is 15.3 Å². The summed E-state index contributed by atoms with van der Waals surface area (Å²) in [6.07, 6.45) is 0. The van der Waals surface area contributed by atoms with Gasteiger partial charge in [-0.05, 0) is 31.0 Å². The molecule has 3 heteroatoms. The quantitative estimate of drug-likeness (QED) is 0.822. The molecular formula is C13H19FN2. The third-order valence-corrected chi connectivity index (χ3v) is 3.08. The number of rotatable bonds is 2. The molecule has 0 aromatic heterocycles. The Morgan fingerprint density at radius 2 is 2.31 bits per heavy atom. The summed E-state index contributed by atoms with van der Waals surface area (Å²) in [5, 5.41) is 3.42. The van der Waals surface area contributed by atoms with Gasteiger partial charge in [0.05, 0.1) is 0 Å². The van der Waals surface area contributed by atoms with E-state index in [9.17, 15) is 4.39 Å². The van der Waals surface area contributed by atoms with Crippen molar-refractivity contribution in [3.05, 3.63) is 35.1 Å². The molecule has 1 aliphatic rings. The Labute approximate surface area is 96.5 Å². The van der Waals surface area contributed by atoms with E-state index in [2.05, 4.69) is 17.1 Å². The molecule has 1 aromatic carbocycles. The van der Waals surface area contributed by atoms with Crippen molar-refractivity contribution in [1.29, 1.82) is 0 Å². The number of hydrogen-bond donors (Lipinski definition) is 1. The first-order chi connectivity index (χ1) is 7.65. The van der Waals surface area contributed by atoms with Gasteiger partial charge in [0.1, 0.15) is 5.82 Å². The molecule has 0 saturated carbocycles. The monoisotopic (exact) mass is 222 g/mol. The second-order valence-corrected chi connectivity index (χ2v) is 4.67. The summed E-state index contributed by atoms with van der Waals surface area (Å²) in [4.78, 5) is 2.41. The zero-order valence-corrected chi connectivity index (χ0v) is 9.96. The minimum absolute atomic E-state index is 0.113. The smallest absolute Gasteiger partial charge is 0.126 e. The fourth-order valence-corrected chi connectivity index (χ4v) is 2.22. The summed E-state index contributed by atoms with van der Waals surface area (Å²) >= 11 is 0. The third-order valence-electron chi connectivity index (χ3n) is 3.08. The predicted molar refractivity (Wildman–Crippen MR) is 63.9 cm³/mol. The number of benzene rings is 1. The summed E-state index contributed by atoms with van der Waals surface area (Å²) in [5.41, 5.74) is 1.94. The van der Waals surface area contributed by atoms with Gasteiger partial charge >= 0.3 is 0 Å². The van der Waals surface area contributed by atoms with Gasteiger partial charge in [0, 0.05) is 32.2 Å². The predicted octanol–water partition coefficient (Wildman–Crippen LogP) is 1.93. The molecule has 0 spiro atoms. The van der Waals surface area contributed by atoms with Gasteiger partial charge in [-0.2, -0.15) is 0 Å². The zero-order valence-electron chi connectivity index (χ0n) is 9.96. The van der Waals surface area contributed by atoms with Crippen LogP contribution in [0.5, 0.6) is 0 Å². The lowest BCUT2D eigenvalue weighted by Gasteiger charge is -2.31. The Kier molecular flexibility index (Phi) is 3.56. The summed E-state index contributed by atoms with van der Waals surface area (Å²) in [5.74, 6) is -0.113. The molecular weight excluding hydrogens is 203 g/mol. The van der Waals surface area contributed by atoms with Crippen LogP contribution in [0.2, 0.25) is 0 Å². The number of nitrogens with one attached hydrogen (secondary N) is 1. The molecule has 1 fully saturated rings. The highest BCUT2D eigenvalue weighted by Crippen LogP contribution is 2.12. The first kappa shape index (κ1) is 11.6. The first-order valence-corrected chi connectivity index (χ1v) is 5.86. The molecule has 2 nitrogen and oxygen atoms in total. The fraction of sp³-hybridized carbons (Fsp3) is 0.538. The van der Waals surface area contributed by atoms with E-state index >= 15 is 0 Å². The SMILES string of the molecule is Cc1cc(CN2CCN[C@@H](C)C2)ccc1F. The van der Waals surface area contributed by atoms with Gasteiger partial charge in [0.25, 0.3) is 0 Å². The van der Waals surface area contributed by atoms with Crippen LogP contribution in [0.25, 0.3) is 0 Å². The van der Waals surface area contributed by atoms with Gasteiger partial charge in [-0.3, -0.25) is 4.90 Å². The molecule has 16 heavy (non-hydrogen) atoms. The summed E-state index contributed by atoms with van der Waals surface area (Å²) in [6, 6.07) is 5.95. The normalized spacial score (nSPS) is 22.3. The highest BCUT2D eigenvalue weighted by atomic mass is 19.1. The lowest BCUT2D eigenvalue weighted by atomic mass is 10.1. The van der Waals surface area contributed by atoms with Crippen LogP contribution in [0.3, 0.4) is 0 Å². The Bertz CT molecular complexity index is 365. The lowest BCUT2D eigenvalue weighted by Crippen LogP contribution is -2.48. The van der Waals surface area contributed by atoms with Crippen molar-refractivity contribution >= 4 is 0 Å². The van der Waals surface area contributed by atoms with E-state index in [1.807, 2.05) is 19.1 Å². The minimum atomic E-state index is -0.113. The average Bonchev–Trinajstić information content (AvgIpc) is 2.24. The van der Waals surface area contributed by atoms with Crippen LogP contribution in [-0.2, 0) is 6.54 Å². The summed E-state index contributed by atoms with van der Waals surface area (Å²) in [7, 11) is 0. The molecule has 2 rings (SSSR count). The molecule has 1 atom stereocenters. The molecule has 1 aliphatic heterocycles. The minimum Gasteiger partial charge on any atom is -0.312 e. The zero-order chi connectivity index (χ0) is 11.5. The maximum absolute atomic E-state index is 13.1. The van der Waals surface area contributed by atoms with E-state index in [0.29, 0.717) is 6.04 Å². The van der Waals surface area contributed by atoms with E-state index in [1.54, 1.807) is 6.07 Å². The number of nitrogens with zero attached hydrogens (tertiary/aromatic N) is 1. The fourth-order valence-electron chi connectivity index (χ4n) is 2.22. The van der Waals surface area contributed by atoms with Gasteiger partial charge < -0.3 is 5.32 Å². The standard InChI is InChI=1S/C13H19FN2/c1-10-7-12(3-4-13(10)14)9-16-6-5-15-11(2)8-16/h3-4,7,11,15H,5-6,8-9H2,1-2H3/t11-/m0/s1. The Morgan fingerprint density at radius 3 is 3.00 bits per heavy atom. The highest BCUT2D eigenvalue weighted by Gasteiger charge is 2.15. The Hall–Kier alpha value is -0.930. The third kappa shape index (κ3) is 2.80. The van der Waals surface area contributed by atoms with E-state index in [4.69, 9.17) is 0 Å². The first-order valence-electron chi connectivity index (χ1n) is 5.86. The van der Waals surface area contributed by atoms with Crippen LogP contribution in [0, 0.1) is 12.7 Å². The van der Waals surface area contributed by atoms with Gasteiger partial charge in [-0.25, -0.2) is 4.39 Å². The van der Waals surface area contributed by atoms with Crippen LogP contribution in [-0.4, -0.2) is 30.6 Å². The van der Waals surface area contributed by atoms with Crippen LogP contribution < -0.4 is 5.32 Å². The number of aryl methyl sites for hydroxylation is 1. The molecule has 1 aromatic rings. The Morgan fingerprint density at radius 1 is 1.50 bits per heavy atom. The van der Waals surface area contributed by atoms with Crippen molar-refractivity contribution in [2.24, 2.45) is 0 Å². The molecule has 1 heterocycles. The van der Waals surface area contributed by atoms with Gasteiger partial charge in [0.2, 0.25) is 0 Å². The number of halogens is 1. The molecule has 1 N–H and O–H groups in total. The molecule has 0 aliphatic carbocycles. The van der Waals surface area contributed by atoms with Crippen LogP contribution in [0.4, 0.5) is 4.39 Å². The maximum atomic E-state index is 13.1. The van der Waals surface area contributed by atoms with Crippen LogP contribution in [0.1, 0.15) is 18.1 Å². The van der Waals surface area contributed by atoms with E-state index in [0.717, 1.165) is 31.7 Å². The van der Waals surface area contributed by atoms with E-state index in [-0.39, 0.29) is 5.82 Å². The second kappa shape index (κ2) is 4.93.